The number of hydrogen-bond acceptors (Lipinski definition) is 2. The third kappa shape index (κ3) is 2.36. The molecule has 0 atom stereocenters. The zero-order chi connectivity index (χ0) is 13.1. The summed E-state index contributed by atoms with van der Waals surface area (Å²) in [5.41, 5.74) is 2.47. The third-order valence-electron chi connectivity index (χ3n) is 3.56. The van der Waals surface area contributed by atoms with Crippen LogP contribution < -0.4 is 10.1 Å². The molecule has 0 fully saturated rings. The Morgan fingerprint density at radius 2 is 1.53 bits per heavy atom. The summed E-state index contributed by atoms with van der Waals surface area (Å²) in [5, 5.41) is 3.65. The second-order valence-corrected chi connectivity index (χ2v) is 4.92. The fraction of sp³-hybridized carbons (Fsp3) is 0.294. The Morgan fingerprint density at radius 3 is 2.11 bits per heavy atom. The van der Waals surface area contributed by atoms with E-state index in [4.69, 9.17) is 4.74 Å². The highest BCUT2D eigenvalue weighted by Crippen LogP contribution is 2.42. The highest BCUT2D eigenvalue weighted by molar-refractivity contribution is 5.52. The second kappa shape index (κ2) is 5.45. The van der Waals surface area contributed by atoms with E-state index in [1.807, 2.05) is 24.3 Å². The number of rotatable bonds is 4. The lowest BCUT2D eigenvalue weighted by molar-refractivity contribution is 0.427. The summed E-state index contributed by atoms with van der Waals surface area (Å²) >= 11 is 0. The monoisotopic (exact) mass is 253 g/mol. The lowest BCUT2D eigenvalue weighted by Gasteiger charge is -2.29. The smallest absolute Gasteiger partial charge is 0.132 e. The van der Waals surface area contributed by atoms with Crippen LogP contribution in [0.15, 0.2) is 48.5 Å². The van der Waals surface area contributed by atoms with E-state index in [1.165, 1.54) is 24.0 Å². The first-order valence-electron chi connectivity index (χ1n) is 6.99. The molecule has 0 radical (unpaired) electrons. The molecule has 2 heteroatoms. The molecule has 1 aliphatic rings. The quantitative estimate of drug-likeness (QED) is 0.821. The first-order valence-corrected chi connectivity index (χ1v) is 6.99. The molecule has 0 unspecified atom stereocenters. The highest BCUT2D eigenvalue weighted by Gasteiger charge is 2.25. The van der Waals surface area contributed by atoms with E-state index < -0.39 is 0 Å². The molecule has 3 rings (SSSR count). The van der Waals surface area contributed by atoms with Gasteiger partial charge in [-0.25, -0.2) is 0 Å². The predicted octanol–water partition coefficient (Wildman–Crippen LogP) is 4.27. The highest BCUT2D eigenvalue weighted by atomic mass is 16.5. The summed E-state index contributed by atoms with van der Waals surface area (Å²) in [7, 11) is 0. The van der Waals surface area contributed by atoms with E-state index in [9.17, 15) is 0 Å². The van der Waals surface area contributed by atoms with Crippen LogP contribution in [-0.4, -0.2) is 6.54 Å². The molecule has 0 amide bonds. The molecule has 0 saturated heterocycles. The van der Waals surface area contributed by atoms with Crippen molar-refractivity contribution in [3.8, 4) is 11.5 Å². The standard InChI is InChI=1S/C17H19NO/c1-2-3-12-18-17-13-8-4-6-10-15(13)19-16-11-7-5-9-14(16)17/h4-11,17-18H,2-3,12H2,1H3. The Labute approximate surface area is 114 Å². The lowest BCUT2D eigenvalue weighted by Crippen LogP contribution is -2.26. The molecule has 2 aromatic rings. The molecule has 98 valence electrons. The molecule has 0 spiro atoms. The molecule has 2 aromatic carbocycles. The van der Waals surface area contributed by atoms with Crippen LogP contribution in [0.2, 0.25) is 0 Å². The van der Waals surface area contributed by atoms with Gasteiger partial charge in [0.2, 0.25) is 0 Å². The van der Waals surface area contributed by atoms with Crippen molar-refractivity contribution in [1.29, 1.82) is 0 Å². The predicted molar refractivity (Wildman–Crippen MR) is 77.7 cm³/mol. The van der Waals surface area contributed by atoms with E-state index in [1.54, 1.807) is 0 Å². The van der Waals surface area contributed by atoms with Gasteiger partial charge in [-0.1, -0.05) is 49.7 Å². The number of hydrogen-bond donors (Lipinski definition) is 1. The Morgan fingerprint density at radius 1 is 0.947 bits per heavy atom. The number of para-hydroxylation sites is 2. The molecule has 1 aliphatic heterocycles. The number of nitrogens with one attached hydrogen (secondary N) is 1. The van der Waals surface area contributed by atoms with Crippen LogP contribution in [0, 0.1) is 0 Å². The summed E-state index contributed by atoms with van der Waals surface area (Å²) in [6.07, 6.45) is 2.40. The fourth-order valence-electron chi connectivity index (χ4n) is 2.55. The molecule has 0 aliphatic carbocycles. The summed E-state index contributed by atoms with van der Waals surface area (Å²) in [6, 6.07) is 16.8. The Hall–Kier alpha value is -1.80. The van der Waals surface area contributed by atoms with Crippen LogP contribution in [0.1, 0.15) is 36.9 Å². The molecule has 0 bridgehead atoms. The van der Waals surface area contributed by atoms with Gasteiger partial charge in [0, 0.05) is 11.1 Å². The molecule has 0 saturated carbocycles. The van der Waals surface area contributed by atoms with Crippen molar-refractivity contribution in [3.05, 3.63) is 59.7 Å². The minimum atomic E-state index is 0.243. The van der Waals surface area contributed by atoms with Crippen molar-refractivity contribution in [1.82, 2.24) is 5.32 Å². The van der Waals surface area contributed by atoms with Crippen LogP contribution in [0.4, 0.5) is 0 Å². The van der Waals surface area contributed by atoms with Gasteiger partial charge in [0.25, 0.3) is 0 Å². The van der Waals surface area contributed by atoms with Crippen molar-refractivity contribution < 1.29 is 4.74 Å². The number of ether oxygens (including phenoxy) is 1. The van der Waals surface area contributed by atoms with E-state index in [0.717, 1.165) is 18.0 Å². The average molecular weight is 253 g/mol. The molecule has 2 nitrogen and oxygen atoms in total. The molecular formula is C17H19NO. The van der Waals surface area contributed by atoms with Gasteiger partial charge in [0.1, 0.15) is 11.5 Å². The van der Waals surface area contributed by atoms with Crippen LogP contribution in [0.25, 0.3) is 0 Å². The topological polar surface area (TPSA) is 21.3 Å². The Kier molecular flexibility index (Phi) is 3.51. The van der Waals surface area contributed by atoms with Crippen LogP contribution in [0.5, 0.6) is 11.5 Å². The Bertz CT molecular complexity index is 519. The zero-order valence-corrected chi connectivity index (χ0v) is 11.2. The fourth-order valence-corrected chi connectivity index (χ4v) is 2.55. The molecule has 1 N–H and O–H groups in total. The van der Waals surface area contributed by atoms with Gasteiger partial charge < -0.3 is 10.1 Å². The maximum Gasteiger partial charge on any atom is 0.132 e. The van der Waals surface area contributed by atoms with Crippen molar-refractivity contribution in [3.63, 3.8) is 0 Å². The van der Waals surface area contributed by atoms with Gasteiger partial charge in [0.15, 0.2) is 0 Å². The van der Waals surface area contributed by atoms with Crippen LogP contribution in [0.3, 0.4) is 0 Å². The van der Waals surface area contributed by atoms with Crippen molar-refractivity contribution in [2.24, 2.45) is 0 Å². The number of unbranched alkanes of at least 4 members (excludes halogenated alkanes) is 1. The molecule has 1 heterocycles. The lowest BCUT2D eigenvalue weighted by atomic mass is 9.94. The van der Waals surface area contributed by atoms with Crippen molar-refractivity contribution in [2.75, 3.05) is 6.54 Å². The molecule has 19 heavy (non-hydrogen) atoms. The van der Waals surface area contributed by atoms with E-state index in [0.29, 0.717) is 0 Å². The summed E-state index contributed by atoms with van der Waals surface area (Å²) in [5.74, 6) is 1.94. The average Bonchev–Trinajstić information content (AvgIpc) is 2.46. The molecular weight excluding hydrogens is 234 g/mol. The van der Waals surface area contributed by atoms with E-state index >= 15 is 0 Å². The van der Waals surface area contributed by atoms with Crippen molar-refractivity contribution >= 4 is 0 Å². The summed E-state index contributed by atoms with van der Waals surface area (Å²) in [4.78, 5) is 0. The summed E-state index contributed by atoms with van der Waals surface area (Å²) in [6.45, 7) is 3.25. The largest absolute Gasteiger partial charge is 0.457 e. The van der Waals surface area contributed by atoms with Gasteiger partial charge in [-0.15, -0.1) is 0 Å². The van der Waals surface area contributed by atoms with Gasteiger partial charge in [-0.2, -0.15) is 0 Å². The maximum atomic E-state index is 5.97. The minimum absolute atomic E-state index is 0.243. The Balaban J connectivity index is 1.96. The normalized spacial score (nSPS) is 13.5. The van der Waals surface area contributed by atoms with E-state index in [2.05, 4.69) is 36.5 Å². The number of benzene rings is 2. The van der Waals surface area contributed by atoms with Gasteiger partial charge in [-0.3, -0.25) is 0 Å². The summed E-state index contributed by atoms with van der Waals surface area (Å²) < 4.78 is 5.97. The van der Waals surface area contributed by atoms with Gasteiger partial charge in [-0.05, 0) is 25.1 Å². The first-order chi connectivity index (χ1) is 9.40. The van der Waals surface area contributed by atoms with Crippen LogP contribution in [-0.2, 0) is 0 Å². The third-order valence-corrected chi connectivity index (χ3v) is 3.56. The SMILES string of the molecule is CCCCNC1c2ccccc2Oc2ccccc21. The van der Waals surface area contributed by atoms with Gasteiger partial charge >= 0.3 is 0 Å². The number of fused-ring (bicyclic) bond motifs is 2. The van der Waals surface area contributed by atoms with E-state index in [-0.39, 0.29) is 6.04 Å². The zero-order valence-electron chi connectivity index (χ0n) is 11.2. The first kappa shape index (κ1) is 12.2. The van der Waals surface area contributed by atoms with Crippen molar-refractivity contribution in [2.45, 2.75) is 25.8 Å². The minimum Gasteiger partial charge on any atom is -0.457 e. The van der Waals surface area contributed by atoms with Crippen LogP contribution >= 0.6 is 0 Å². The molecule has 0 aromatic heterocycles. The second-order valence-electron chi connectivity index (χ2n) is 4.92. The van der Waals surface area contributed by atoms with Gasteiger partial charge in [0.05, 0.1) is 6.04 Å². The maximum absolute atomic E-state index is 5.97.